The second kappa shape index (κ2) is 6.34. The fraction of sp³-hybridized carbons (Fsp3) is 0.368. The van der Waals surface area contributed by atoms with Crippen LogP contribution in [0.4, 0.5) is 0 Å². The lowest BCUT2D eigenvalue weighted by molar-refractivity contribution is 0.198. The molecule has 2 heterocycles. The van der Waals surface area contributed by atoms with Crippen LogP contribution in [0.1, 0.15) is 48.2 Å². The molecule has 1 aromatic carbocycles. The quantitative estimate of drug-likeness (QED) is 0.773. The lowest BCUT2D eigenvalue weighted by Gasteiger charge is -2.14. The van der Waals surface area contributed by atoms with Crippen molar-refractivity contribution in [3.8, 4) is 5.69 Å². The number of aryl methyl sites for hydroxylation is 3. The molecule has 0 aliphatic carbocycles. The van der Waals surface area contributed by atoms with Crippen LogP contribution in [0.3, 0.4) is 0 Å². The van der Waals surface area contributed by atoms with Crippen molar-refractivity contribution < 1.29 is 5.11 Å². The van der Waals surface area contributed by atoms with Crippen LogP contribution in [0.15, 0.2) is 24.3 Å². The Labute approximate surface area is 142 Å². The summed E-state index contributed by atoms with van der Waals surface area (Å²) in [7, 11) is 0. The largest absolute Gasteiger partial charge is 0.389 e. The molecule has 1 atom stereocenters. The third-order valence-corrected chi connectivity index (χ3v) is 4.37. The fourth-order valence-electron chi connectivity index (χ4n) is 3.23. The van der Waals surface area contributed by atoms with E-state index in [9.17, 15) is 5.11 Å². The Morgan fingerprint density at radius 3 is 2.58 bits per heavy atom. The van der Waals surface area contributed by atoms with Crippen LogP contribution in [-0.2, 0) is 13.0 Å². The summed E-state index contributed by atoms with van der Waals surface area (Å²) in [4.78, 5) is 9.50. The third-order valence-electron chi connectivity index (χ3n) is 4.37. The van der Waals surface area contributed by atoms with Gasteiger partial charge >= 0.3 is 0 Å². The highest BCUT2D eigenvalue weighted by Gasteiger charge is 2.16. The van der Waals surface area contributed by atoms with Gasteiger partial charge in [-0.3, -0.25) is 4.57 Å². The van der Waals surface area contributed by atoms with Gasteiger partial charge in [0.15, 0.2) is 5.65 Å². The van der Waals surface area contributed by atoms with Gasteiger partial charge in [-0.05, 0) is 55.7 Å². The van der Waals surface area contributed by atoms with Crippen molar-refractivity contribution in [1.29, 1.82) is 0 Å². The van der Waals surface area contributed by atoms with Gasteiger partial charge in [0.2, 0.25) is 0 Å². The number of aromatic nitrogens is 3. The topological polar surface area (TPSA) is 77.0 Å². The molecule has 0 saturated heterocycles. The first-order chi connectivity index (χ1) is 11.5. The zero-order valence-electron chi connectivity index (χ0n) is 14.7. The highest BCUT2D eigenvalue weighted by Crippen LogP contribution is 2.26. The fourth-order valence-corrected chi connectivity index (χ4v) is 3.23. The van der Waals surface area contributed by atoms with Crippen molar-refractivity contribution in [2.24, 2.45) is 5.73 Å². The van der Waals surface area contributed by atoms with Gasteiger partial charge in [0.25, 0.3) is 0 Å². The summed E-state index contributed by atoms with van der Waals surface area (Å²) in [6.07, 6.45) is 0.274. The minimum Gasteiger partial charge on any atom is -0.389 e. The molecule has 3 aromatic rings. The molecule has 126 valence electrons. The molecular weight excluding hydrogens is 300 g/mol. The van der Waals surface area contributed by atoms with E-state index in [2.05, 4.69) is 24.5 Å². The maximum Gasteiger partial charge on any atom is 0.165 e. The molecule has 0 amide bonds. The molecule has 5 nitrogen and oxygen atoms in total. The van der Waals surface area contributed by atoms with Crippen molar-refractivity contribution in [2.75, 3.05) is 0 Å². The van der Waals surface area contributed by atoms with Gasteiger partial charge in [-0.1, -0.05) is 13.0 Å². The van der Waals surface area contributed by atoms with Crippen LogP contribution in [0.2, 0.25) is 0 Å². The molecule has 0 saturated carbocycles. The van der Waals surface area contributed by atoms with Gasteiger partial charge in [-0.2, -0.15) is 0 Å². The summed E-state index contributed by atoms with van der Waals surface area (Å²) < 4.78 is 2.10. The highest BCUT2D eigenvalue weighted by molar-refractivity contribution is 5.78. The maximum absolute atomic E-state index is 9.92. The Balaban J connectivity index is 2.29. The Morgan fingerprint density at radius 2 is 1.96 bits per heavy atom. The summed E-state index contributed by atoms with van der Waals surface area (Å²) in [5.41, 5.74) is 12.6. The number of hydrogen-bond donors (Lipinski definition) is 2. The van der Waals surface area contributed by atoms with Gasteiger partial charge in [0, 0.05) is 24.3 Å². The van der Waals surface area contributed by atoms with Crippen LogP contribution in [0, 0.1) is 13.8 Å². The SMILES string of the molecule is CCc1nc2c(C)cc(C)nc2n1-c1ccc(C(C)O)c(CN)c1. The number of pyridine rings is 1. The summed E-state index contributed by atoms with van der Waals surface area (Å²) in [6, 6.07) is 8.03. The van der Waals surface area contributed by atoms with Gasteiger partial charge < -0.3 is 10.8 Å². The lowest BCUT2D eigenvalue weighted by Crippen LogP contribution is -2.08. The van der Waals surface area contributed by atoms with E-state index in [1.807, 2.05) is 25.1 Å². The van der Waals surface area contributed by atoms with E-state index in [0.717, 1.165) is 51.5 Å². The van der Waals surface area contributed by atoms with Crippen molar-refractivity contribution >= 4 is 11.2 Å². The van der Waals surface area contributed by atoms with Crippen molar-refractivity contribution in [1.82, 2.24) is 14.5 Å². The van der Waals surface area contributed by atoms with Crippen LogP contribution in [-0.4, -0.2) is 19.6 Å². The second-order valence-electron chi connectivity index (χ2n) is 6.23. The molecular formula is C19H24N4O. The number of aliphatic hydroxyl groups excluding tert-OH is 1. The van der Waals surface area contributed by atoms with E-state index in [1.165, 1.54) is 0 Å². The first kappa shape index (κ1) is 16.6. The lowest BCUT2D eigenvalue weighted by atomic mass is 10.0. The summed E-state index contributed by atoms with van der Waals surface area (Å²) in [6.45, 7) is 8.29. The van der Waals surface area contributed by atoms with Crippen LogP contribution < -0.4 is 5.73 Å². The molecule has 0 aliphatic rings. The average Bonchev–Trinajstić information content (AvgIpc) is 2.92. The third kappa shape index (κ3) is 2.70. The number of benzene rings is 1. The number of hydrogen-bond acceptors (Lipinski definition) is 4. The van der Waals surface area contributed by atoms with E-state index >= 15 is 0 Å². The van der Waals surface area contributed by atoms with Crippen LogP contribution in [0.25, 0.3) is 16.9 Å². The van der Waals surface area contributed by atoms with Gasteiger partial charge in [-0.15, -0.1) is 0 Å². The van der Waals surface area contributed by atoms with E-state index in [4.69, 9.17) is 15.7 Å². The Morgan fingerprint density at radius 1 is 1.21 bits per heavy atom. The minimum atomic E-state index is -0.537. The molecule has 24 heavy (non-hydrogen) atoms. The molecule has 2 aromatic heterocycles. The number of fused-ring (bicyclic) bond motifs is 1. The monoisotopic (exact) mass is 324 g/mol. The molecule has 3 rings (SSSR count). The first-order valence-electron chi connectivity index (χ1n) is 8.33. The van der Waals surface area contributed by atoms with E-state index in [-0.39, 0.29) is 0 Å². The van der Waals surface area contributed by atoms with E-state index < -0.39 is 6.10 Å². The van der Waals surface area contributed by atoms with E-state index in [0.29, 0.717) is 6.54 Å². The number of aliphatic hydroxyl groups is 1. The molecule has 0 radical (unpaired) electrons. The van der Waals surface area contributed by atoms with Gasteiger partial charge in [-0.25, -0.2) is 9.97 Å². The number of imidazole rings is 1. The second-order valence-corrected chi connectivity index (χ2v) is 6.23. The smallest absolute Gasteiger partial charge is 0.165 e. The summed E-state index contributed by atoms with van der Waals surface area (Å²) in [5, 5.41) is 9.92. The predicted molar refractivity (Wildman–Crippen MR) is 96.2 cm³/mol. The molecule has 3 N–H and O–H groups in total. The number of nitrogens with two attached hydrogens (primary N) is 1. The van der Waals surface area contributed by atoms with Crippen molar-refractivity contribution in [2.45, 2.75) is 46.8 Å². The van der Waals surface area contributed by atoms with Crippen molar-refractivity contribution in [3.05, 3.63) is 52.5 Å². The summed E-state index contributed by atoms with van der Waals surface area (Å²) in [5.74, 6) is 0.971. The van der Waals surface area contributed by atoms with Crippen LogP contribution >= 0.6 is 0 Å². The molecule has 5 heteroatoms. The standard InChI is InChI=1S/C19H24N4O/c1-5-17-22-18-11(2)8-12(3)21-19(18)23(17)15-6-7-16(13(4)24)14(9-15)10-20/h6-9,13,24H,5,10,20H2,1-4H3. The Kier molecular flexibility index (Phi) is 4.39. The molecule has 1 unspecified atom stereocenters. The molecule has 0 spiro atoms. The molecule has 0 fully saturated rings. The normalized spacial score (nSPS) is 12.8. The van der Waals surface area contributed by atoms with E-state index in [1.54, 1.807) is 6.92 Å². The Bertz CT molecular complexity index is 896. The zero-order chi connectivity index (χ0) is 17.4. The summed E-state index contributed by atoms with van der Waals surface area (Å²) >= 11 is 0. The number of rotatable bonds is 4. The van der Waals surface area contributed by atoms with Gasteiger partial charge in [0.05, 0.1) is 6.10 Å². The molecule has 0 bridgehead atoms. The number of nitrogens with zero attached hydrogens (tertiary/aromatic N) is 3. The molecule has 0 aliphatic heterocycles. The maximum atomic E-state index is 9.92. The predicted octanol–water partition coefficient (Wildman–Crippen LogP) is 3.11. The first-order valence-corrected chi connectivity index (χ1v) is 8.33. The zero-order valence-corrected chi connectivity index (χ0v) is 14.7. The van der Waals surface area contributed by atoms with Gasteiger partial charge in [0.1, 0.15) is 11.3 Å². The van der Waals surface area contributed by atoms with Crippen molar-refractivity contribution in [3.63, 3.8) is 0 Å². The average molecular weight is 324 g/mol. The minimum absolute atomic E-state index is 0.383. The Hall–Kier alpha value is -2.24. The highest BCUT2D eigenvalue weighted by atomic mass is 16.3. The van der Waals surface area contributed by atoms with Crippen LogP contribution in [0.5, 0.6) is 0 Å².